The molecule has 4 rings (SSSR count). The summed E-state index contributed by atoms with van der Waals surface area (Å²) in [5, 5.41) is 22.2. The maximum absolute atomic E-state index is 13.0. The minimum Gasteiger partial charge on any atom is -0.465 e. The Morgan fingerprint density at radius 1 is 1.17 bits per heavy atom. The summed E-state index contributed by atoms with van der Waals surface area (Å²) < 4.78 is 2.06. The van der Waals surface area contributed by atoms with E-state index in [1.54, 1.807) is 6.07 Å². The highest BCUT2D eigenvalue weighted by Crippen LogP contribution is 2.40. The summed E-state index contributed by atoms with van der Waals surface area (Å²) >= 11 is 0. The summed E-state index contributed by atoms with van der Waals surface area (Å²) in [4.78, 5) is 26.3. The first-order valence-electron chi connectivity index (χ1n) is 11.7. The molecular formula is C28H30N4O3. The number of rotatable bonds is 5. The quantitative estimate of drug-likeness (QED) is 0.518. The van der Waals surface area contributed by atoms with Crippen LogP contribution in [0.4, 0.5) is 4.79 Å². The van der Waals surface area contributed by atoms with Gasteiger partial charge in [0.05, 0.1) is 23.4 Å². The molecule has 0 radical (unpaired) electrons. The molecule has 0 spiro atoms. The first-order valence-corrected chi connectivity index (χ1v) is 11.7. The normalized spacial score (nSPS) is 15.2. The number of nitrogens with zero attached hydrogens (tertiary/aromatic N) is 3. The van der Waals surface area contributed by atoms with Gasteiger partial charge >= 0.3 is 6.09 Å². The number of benzene rings is 2. The molecule has 7 heteroatoms. The van der Waals surface area contributed by atoms with Gasteiger partial charge in [-0.25, -0.2) is 4.79 Å². The Kier molecular flexibility index (Phi) is 6.40. The molecule has 0 aliphatic carbocycles. The Labute approximate surface area is 205 Å². The summed E-state index contributed by atoms with van der Waals surface area (Å²) in [6.45, 7) is 8.41. The number of nitriles is 1. The molecule has 35 heavy (non-hydrogen) atoms. The van der Waals surface area contributed by atoms with E-state index >= 15 is 0 Å². The van der Waals surface area contributed by atoms with Crippen molar-refractivity contribution in [3.05, 3.63) is 71.4 Å². The molecule has 7 nitrogen and oxygen atoms in total. The largest absolute Gasteiger partial charge is 0.465 e. The first kappa shape index (κ1) is 24.1. The van der Waals surface area contributed by atoms with Crippen molar-refractivity contribution in [1.29, 1.82) is 5.26 Å². The zero-order valence-corrected chi connectivity index (χ0v) is 20.5. The highest BCUT2D eigenvalue weighted by molar-refractivity contribution is 5.98. The third-order valence-electron chi connectivity index (χ3n) is 6.45. The predicted octanol–water partition coefficient (Wildman–Crippen LogP) is 5.46. The van der Waals surface area contributed by atoms with Crippen LogP contribution >= 0.6 is 0 Å². The fourth-order valence-corrected chi connectivity index (χ4v) is 4.76. The summed E-state index contributed by atoms with van der Waals surface area (Å²) in [7, 11) is 0. The van der Waals surface area contributed by atoms with Crippen LogP contribution in [0.1, 0.15) is 54.8 Å². The number of amides is 2. The van der Waals surface area contributed by atoms with E-state index in [1.165, 1.54) is 4.90 Å². The van der Waals surface area contributed by atoms with Gasteiger partial charge in [0, 0.05) is 24.2 Å². The van der Waals surface area contributed by atoms with Crippen LogP contribution in [-0.2, 0) is 0 Å². The predicted molar refractivity (Wildman–Crippen MR) is 135 cm³/mol. The standard InChI is InChI=1S/C28H30N4O3/c1-18-7-5-10-21(13-18)25-23(20-9-6-8-19(14-20)16-29)15-24-26(33)30-17-22(32(24)25)11-12-31(27(34)35)28(2,3)4/h5-10,13-15,22H,11-12,17H2,1-4H3,(H,30,33)(H,34,35). The second-order valence-corrected chi connectivity index (χ2v) is 9.98. The van der Waals surface area contributed by atoms with Gasteiger partial charge in [-0.15, -0.1) is 0 Å². The Balaban J connectivity index is 1.87. The number of fused-ring (bicyclic) bond motifs is 1. The third-order valence-corrected chi connectivity index (χ3v) is 6.45. The molecular weight excluding hydrogens is 440 g/mol. The Bertz CT molecular complexity index is 1330. The lowest BCUT2D eigenvalue weighted by Crippen LogP contribution is -2.47. The average Bonchev–Trinajstić information content (AvgIpc) is 3.21. The highest BCUT2D eigenvalue weighted by atomic mass is 16.4. The van der Waals surface area contributed by atoms with Crippen LogP contribution in [0.25, 0.3) is 22.4 Å². The van der Waals surface area contributed by atoms with E-state index in [9.17, 15) is 20.0 Å². The van der Waals surface area contributed by atoms with Crippen LogP contribution in [0, 0.1) is 18.3 Å². The number of aromatic nitrogens is 1. The van der Waals surface area contributed by atoms with Crippen LogP contribution in [0.15, 0.2) is 54.6 Å². The van der Waals surface area contributed by atoms with Crippen molar-refractivity contribution in [2.45, 2.75) is 45.7 Å². The van der Waals surface area contributed by atoms with Crippen molar-refractivity contribution in [3.63, 3.8) is 0 Å². The molecule has 2 aromatic carbocycles. The van der Waals surface area contributed by atoms with Gasteiger partial charge in [0.2, 0.25) is 0 Å². The summed E-state index contributed by atoms with van der Waals surface area (Å²) in [5.74, 6) is -0.163. The van der Waals surface area contributed by atoms with Crippen LogP contribution in [0.3, 0.4) is 0 Å². The van der Waals surface area contributed by atoms with Gasteiger partial charge < -0.3 is 19.9 Å². The van der Waals surface area contributed by atoms with E-state index in [4.69, 9.17) is 0 Å². The lowest BCUT2D eigenvalue weighted by atomic mass is 9.98. The number of carbonyl (C=O) groups is 2. The maximum Gasteiger partial charge on any atom is 0.407 e. The molecule has 0 bridgehead atoms. The smallest absolute Gasteiger partial charge is 0.407 e. The third kappa shape index (κ3) is 4.78. The molecule has 3 aromatic rings. The second kappa shape index (κ2) is 9.30. The van der Waals surface area contributed by atoms with Crippen molar-refractivity contribution < 1.29 is 14.7 Å². The number of carboxylic acid groups (broad SMARTS) is 1. The highest BCUT2D eigenvalue weighted by Gasteiger charge is 2.33. The van der Waals surface area contributed by atoms with E-state index in [1.807, 2.05) is 70.2 Å². The Hall–Kier alpha value is -4.05. The van der Waals surface area contributed by atoms with Crippen molar-refractivity contribution in [2.24, 2.45) is 0 Å². The molecule has 1 aromatic heterocycles. The molecule has 1 atom stereocenters. The van der Waals surface area contributed by atoms with Gasteiger partial charge in [0.15, 0.2) is 0 Å². The van der Waals surface area contributed by atoms with E-state index in [2.05, 4.69) is 22.0 Å². The SMILES string of the molecule is Cc1cccc(-c2c(-c3cccc(C#N)c3)cc3n2C(CCN(C(=O)O)C(C)(C)C)CNC3=O)c1. The Morgan fingerprint density at radius 3 is 2.54 bits per heavy atom. The molecule has 0 saturated heterocycles. The summed E-state index contributed by atoms with van der Waals surface area (Å²) in [5.41, 5.74) is 5.24. The fraction of sp³-hybridized carbons (Fsp3) is 0.321. The molecule has 1 aliphatic rings. The fourth-order valence-electron chi connectivity index (χ4n) is 4.76. The zero-order valence-electron chi connectivity index (χ0n) is 20.5. The van der Waals surface area contributed by atoms with Crippen molar-refractivity contribution in [3.8, 4) is 28.5 Å². The molecule has 0 fully saturated rings. The van der Waals surface area contributed by atoms with Gasteiger partial charge in [-0.3, -0.25) is 4.79 Å². The average molecular weight is 471 g/mol. The van der Waals surface area contributed by atoms with Crippen molar-refractivity contribution in [1.82, 2.24) is 14.8 Å². The van der Waals surface area contributed by atoms with Crippen molar-refractivity contribution in [2.75, 3.05) is 13.1 Å². The first-order chi connectivity index (χ1) is 16.6. The number of hydrogen-bond acceptors (Lipinski definition) is 3. The number of nitrogens with one attached hydrogen (secondary N) is 1. The van der Waals surface area contributed by atoms with Crippen LogP contribution in [0.2, 0.25) is 0 Å². The number of aryl methyl sites for hydroxylation is 1. The number of carbonyl (C=O) groups excluding carboxylic acids is 1. The number of hydrogen-bond donors (Lipinski definition) is 2. The van der Waals surface area contributed by atoms with Gasteiger partial charge in [0.1, 0.15) is 5.69 Å². The lowest BCUT2D eigenvalue weighted by molar-refractivity contribution is 0.0868. The summed E-state index contributed by atoms with van der Waals surface area (Å²) in [6, 6.07) is 19.5. The topological polar surface area (TPSA) is 98.4 Å². The van der Waals surface area contributed by atoms with Crippen LogP contribution in [0.5, 0.6) is 0 Å². The minimum absolute atomic E-state index is 0.129. The van der Waals surface area contributed by atoms with E-state index in [-0.39, 0.29) is 11.9 Å². The van der Waals surface area contributed by atoms with E-state index < -0.39 is 11.6 Å². The van der Waals surface area contributed by atoms with Crippen LogP contribution in [-0.4, -0.2) is 45.2 Å². The van der Waals surface area contributed by atoms with Gasteiger partial charge in [-0.05, 0) is 69.5 Å². The van der Waals surface area contributed by atoms with Gasteiger partial charge in [-0.2, -0.15) is 5.26 Å². The van der Waals surface area contributed by atoms with E-state index in [0.717, 1.165) is 27.9 Å². The van der Waals surface area contributed by atoms with E-state index in [0.29, 0.717) is 30.8 Å². The zero-order chi connectivity index (χ0) is 25.3. The lowest BCUT2D eigenvalue weighted by Gasteiger charge is -2.36. The molecule has 0 saturated carbocycles. The van der Waals surface area contributed by atoms with Crippen molar-refractivity contribution >= 4 is 12.0 Å². The molecule has 2 amide bonds. The second-order valence-electron chi connectivity index (χ2n) is 9.98. The van der Waals surface area contributed by atoms with Gasteiger partial charge in [-0.1, -0.05) is 35.9 Å². The Morgan fingerprint density at radius 2 is 1.89 bits per heavy atom. The minimum atomic E-state index is -0.960. The molecule has 1 unspecified atom stereocenters. The molecule has 180 valence electrons. The molecule has 2 N–H and O–H groups in total. The maximum atomic E-state index is 13.0. The van der Waals surface area contributed by atoms with Crippen LogP contribution < -0.4 is 5.32 Å². The van der Waals surface area contributed by atoms with Gasteiger partial charge in [0.25, 0.3) is 5.91 Å². The molecule has 1 aliphatic heterocycles. The molecule has 2 heterocycles. The monoisotopic (exact) mass is 470 g/mol. The summed E-state index contributed by atoms with van der Waals surface area (Å²) in [6.07, 6.45) is -0.417.